The fourth-order valence-corrected chi connectivity index (χ4v) is 2.32. The van der Waals surface area contributed by atoms with Crippen molar-refractivity contribution < 1.29 is 27.2 Å². The van der Waals surface area contributed by atoms with E-state index in [0.717, 1.165) is 18.9 Å². The lowest BCUT2D eigenvalue weighted by Crippen LogP contribution is -2.33. The van der Waals surface area contributed by atoms with E-state index in [1.807, 2.05) is 13.8 Å². The molecule has 0 spiro atoms. The quantitative estimate of drug-likeness (QED) is 0.704. The molecule has 0 atom stereocenters. The zero-order chi connectivity index (χ0) is 19.0. The van der Waals surface area contributed by atoms with E-state index in [4.69, 9.17) is 0 Å². The lowest BCUT2D eigenvalue weighted by molar-refractivity contribution is -0.140. The zero-order valence-electron chi connectivity index (χ0n) is 14.3. The average Bonchev–Trinajstić information content (AvgIpc) is 2.53. The number of nitrogens with zero attached hydrogens (tertiary/aromatic N) is 1. The van der Waals surface area contributed by atoms with Gasteiger partial charge in [-0.2, -0.15) is 13.2 Å². The second kappa shape index (κ2) is 9.39. The molecule has 140 valence electrons. The van der Waals surface area contributed by atoms with Crippen LogP contribution in [0.1, 0.15) is 45.1 Å². The van der Waals surface area contributed by atoms with Gasteiger partial charge in [-0.15, -0.1) is 0 Å². The summed E-state index contributed by atoms with van der Waals surface area (Å²) < 4.78 is 51.2. The molecule has 2 amide bonds. The van der Waals surface area contributed by atoms with Crippen molar-refractivity contribution in [1.82, 2.24) is 4.90 Å². The first-order valence-corrected chi connectivity index (χ1v) is 8.13. The minimum atomic E-state index is -4.85. The maximum Gasteiger partial charge on any atom is 0.419 e. The van der Waals surface area contributed by atoms with Crippen molar-refractivity contribution in [1.29, 1.82) is 0 Å². The van der Waals surface area contributed by atoms with E-state index in [9.17, 15) is 27.2 Å². The summed E-state index contributed by atoms with van der Waals surface area (Å²) in [5, 5.41) is 2.26. The summed E-state index contributed by atoms with van der Waals surface area (Å²) in [6.07, 6.45) is -3.43. The molecular weight excluding hydrogens is 340 g/mol. The average molecular weight is 362 g/mol. The van der Waals surface area contributed by atoms with Crippen molar-refractivity contribution in [3.63, 3.8) is 0 Å². The molecule has 1 rings (SSSR count). The lowest BCUT2D eigenvalue weighted by atomic mass is 10.1. The highest BCUT2D eigenvalue weighted by Gasteiger charge is 2.34. The third-order valence-electron chi connectivity index (χ3n) is 3.46. The Bertz CT molecular complexity index is 597. The van der Waals surface area contributed by atoms with E-state index in [1.54, 1.807) is 4.90 Å². The highest BCUT2D eigenvalue weighted by atomic mass is 19.4. The van der Waals surface area contributed by atoms with Crippen LogP contribution in [0, 0.1) is 5.82 Å². The van der Waals surface area contributed by atoms with Gasteiger partial charge in [0.15, 0.2) is 0 Å². The SMILES string of the molecule is CCCN(CCC)C(=O)CCC(=O)Nc1ccc(F)c(C(F)(F)F)c1. The van der Waals surface area contributed by atoms with Crippen molar-refractivity contribution in [3.05, 3.63) is 29.6 Å². The standard InChI is InChI=1S/C17H22F4N2O2/c1-3-9-23(10-4-2)16(25)8-7-15(24)22-12-5-6-14(18)13(11-12)17(19,20)21/h5-6,11H,3-4,7-10H2,1-2H3,(H,22,24). The number of rotatable bonds is 8. The number of benzene rings is 1. The van der Waals surface area contributed by atoms with Gasteiger partial charge in [0.25, 0.3) is 0 Å². The topological polar surface area (TPSA) is 49.4 Å². The lowest BCUT2D eigenvalue weighted by Gasteiger charge is -2.21. The maximum absolute atomic E-state index is 13.2. The fourth-order valence-electron chi connectivity index (χ4n) is 2.32. The van der Waals surface area contributed by atoms with Crippen LogP contribution >= 0.6 is 0 Å². The number of anilines is 1. The smallest absolute Gasteiger partial charge is 0.343 e. The number of carbonyl (C=O) groups excluding carboxylic acids is 2. The van der Waals surface area contributed by atoms with Crippen molar-refractivity contribution in [2.45, 2.75) is 45.7 Å². The van der Waals surface area contributed by atoms with Crippen molar-refractivity contribution in [2.24, 2.45) is 0 Å². The summed E-state index contributed by atoms with van der Waals surface area (Å²) in [6, 6.07) is 2.23. The summed E-state index contributed by atoms with van der Waals surface area (Å²) >= 11 is 0. The van der Waals surface area contributed by atoms with E-state index >= 15 is 0 Å². The zero-order valence-corrected chi connectivity index (χ0v) is 14.3. The van der Waals surface area contributed by atoms with Crippen LogP contribution < -0.4 is 5.32 Å². The van der Waals surface area contributed by atoms with Gasteiger partial charge in [-0.25, -0.2) is 4.39 Å². The predicted molar refractivity (Wildman–Crippen MR) is 86.4 cm³/mol. The molecule has 25 heavy (non-hydrogen) atoms. The van der Waals surface area contributed by atoms with Crippen LogP contribution in [0.5, 0.6) is 0 Å². The van der Waals surface area contributed by atoms with Gasteiger partial charge in [-0.3, -0.25) is 9.59 Å². The Morgan fingerprint density at radius 2 is 1.68 bits per heavy atom. The van der Waals surface area contributed by atoms with Crippen molar-refractivity contribution >= 4 is 17.5 Å². The summed E-state index contributed by atoms with van der Waals surface area (Å²) in [5.41, 5.74) is -1.61. The molecule has 0 aliphatic heterocycles. The van der Waals surface area contributed by atoms with Crippen LogP contribution in [0.15, 0.2) is 18.2 Å². The first-order chi connectivity index (χ1) is 11.7. The highest BCUT2D eigenvalue weighted by molar-refractivity contribution is 5.93. The van der Waals surface area contributed by atoms with Gasteiger partial charge in [0, 0.05) is 31.6 Å². The Hall–Kier alpha value is -2.12. The largest absolute Gasteiger partial charge is 0.419 e. The molecule has 0 heterocycles. The predicted octanol–water partition coefficient (Wildman–Crippen LogP) is 4.21. The first-order valence-electron chi connectivity index (χ1n) is 8.13. The van der Waals surface area contributed by atoms with Crippen LogP contribution in [0.4, 0.5) is 23.2 Å². The van der Waals surface area contributed by atoms with Crippen molar-refractivity contribution in [3.8, 4) is 0 Å². The van der Waals surface area contributed by atoms with E-state index in [0.29, 0.717) is 25.2 Å². The van der Waals surface area contributed by atoms with E-state index in [-0.39, 0.29) is 24.4 Å². The normalized spacial score (nSPS) is 11.3. The first kappa shape index (κ1) is 20.9. The highest BCUT2D eigenvalue weighted by Crippen LogP contribution is 2.33. The van der Waals surface area contributed by atoms with Crippen LogP contribution in [0.2, 0.25) is 0 Å². The molecule has 0 bridgehead atoms. The number of hydrogen-bond acceptors (Lipinski definition) is 2. The molecular formula is C17H22F4N2O2. The third kappa shape index (κ3) is 6.72. The van der Waals surface area contributed by atoms with Gasteiger partial charge in [-0.05, 0) is 31.0 Å². The van der Waals surface area contributed by atoms with Crippen molar-refractivity contribution in [2.75, 3.05) is 18.4 Å². The summed E-state index contributed by atoms with van der Waals surface area (Å²) in [4.78, 5) is 25.6. The molecule has 1 N–H and O–H groups in total. The van der Waals surface area contributed by atoms with E-state index in [1.165, 1.54) is 0 Å². The molecule has 8 heteroatoms. The molecule has 0 aromatic heterocycles. The number of alkyl halides is 3. The Morgan fingerprint density at radius 1 is 1.08 bits per heavy atom. The number of halogens is 4. The Morgan fingerprint density at radius 3 is 2.20 bits per heavy atom. The molecule has 0 saturated heterocycles. The molecule has 0 fully saturated rings. The van der Waals surface area contributed by atoms with Gasteiger partial charge in [0.2, 0.25) is 11.8 Å². The fraction of sp³-hybridized carbons (Fsp3) is 0.529. The Labute approximate surface area is 144 Å². The summed E-state index contributed by atoms with van der Waals surface area (Å²) in [7, 11) is 0. The van der Waals surface area contributed by atoms with Crippen LogP contribution in [-0.4, -0.2) is 29.8 Å². The molecule has 4 nitrogen and oxygen atoms in total. The summed E-state index contributed by atoms with van der Waals surface area (Å²) in [6.45, 7) is 5.08. The maximum atomic E-state index is 13.2. The van der Waals surface area contributed by atoms with E-state index < -0.39 is 23.5 Å². The monoisotopic (exact) mass is 362 g/mol. The molecule has 1 aromatic rings. The van der Waals surface area contributed by atoms with E-state index in [2.05, 4.69) is 5.32 Å². The van der Waals surface area contributed by atoms with Crippen LogP contribution in [0.25, 0.3) is 0 Å². The van der Waals surface area contributed by atoms with Gasteiger partial charge < -0.3 is 10.2 Å². The van der Waals surface area contributed by atoms with Gasteiger partial charge >= 0.3 is 6.18 Å². The van der Waals surface area contributed by atoms with Gasteiger partial charge in [0.05, 0.1) is 5.56 Å². The molecule has 0 aliphatic rings. The third-order valence-corrected chi connectivity index (χ3v) is 3.46. The number of hydrogen-bond donors (Lipinski definition) is 1. The second-order valence-electron chi connectivity index (χ2n) is 5.62. The summed E-state index contributed by atoms with van der Waals surface area (Å²) in [5.74, 6) is -2.18. The Balaban J connectivity index is 2.64. The van der Waals surface area contributed by atoms with Crippen LogP contribution in [0.3, 0.4) is 0 Å². The number of amides is 2. The Kier molecular flexibility index (Phi) is 7.86. The van der Waals surface area contributed by atoms with Crippen LogP contribution in [-0.2, 0) is 15.8 Å². The number of nitrogens with one attached hydrogen (secondary N) is 1. The molecule has 0 aliphatic carbocycles. The number of carbonyl (C=O) groups is 2. The van der Waals surface area contributed by atoms with Gasteiger partial charge in [0.1, 0.15) is 5.82 Å². The minimum absolute atomic E-state index is 0.0286. The second-order valence-corrected chi connectivity index (χ2v) is 5.62. The molecule has 0 unspecified atom stereocenters. The molecule has 0 saturated carbocycles. The minimum Gasteiger partial charge on any atom is -0.343 e. The molecule has 0 radical (unpaired) electrons. The van der Waals surface area contributed by atoms with Gasteiger partial charge in [-0.1, -0.05) is 13.8 Å². The molecule has 1 aromatic carbocycles.